The second-order valence-electron chi connectivity index (χ2n) is 3.14. The standard InChI is InChI=1S/C8H7Cl2N3S/c1-3(2)6-11-4-5(9)12-8(10)13-7(4)14-6/h3H,1-2H3. The molecule has 0 aliphatic heterocycles. The number of nitrogens with zero attached hydrogens (tertiary/aromatic N) is 3. The molecule has 0 saturated carbocycles. The fourth-order valence-electron chi connectivity index (χ4n) is 1.03. The molecular formula is C8H7Cl2N3S. The van der Waals surface area contributed by atoms with E-state index in [4.69, 9.17) is 23.2 Å². The largest absolute Gasteiger partial charge is 0.236 e. The Kier molecular flexibility index (Phi) is 2.60. The number of rotatable bonds is 1. The molecule has 2 heterocycles. The summed E-state index contributed by atoms with van der Waals surface area (Å²) >= 11 is 13.1. The molecule has 14 heavy (non-hydrogen) atoms. The van der Waals surface area contributed by atoms with E-state index in [0.29, 0.717) is 16.6 Å². The summed E-state index contributed by atoms with van der Waals surface area (Å²) in [6.07, 6.45) is 0. The summed E-state index contributed by atoms with van der Waals surface area (Å²) in [6, 6.07) is 0. The second-order valence-corrected chi connectivity index (χ2v) is 4.85. The molecule has 0 spiro atoms. The average molecular weight is 248 g/mol. The Balaban J connectivity index is 2.70. The first kappa shape index (κ1) is 10.1. The van der Waals surface area contributed by atoms with Crippen LogP contribution in [0.3, 0.4) is 0 Å². The average Bonchev–Trinajstić information content (AvgIpc) is 2.47. The zero-order chi connectivity index (χ0) is 10.3. The van der Waals surface area contributed by atoms with Crippen molar-refractivity contribution in [3.05, 3.63) is 15.4 Å². The van der Waals surface area contributed by atoms with Crippen molar-refractivity contribution >= 4 is 44.9 Å². The molecule has 74 valence electrons. The summed E-state index contributed by atoms with van der Waals surface area (Å²) in [5, 5.41) is 1.49. The van der Waals surface area contributed by atoms with Crippen LogP contribution in [0.5, 0.6) is 0 Å². The summed E-state index contributed by atoms with van der Waals surface area (Å²) in [5.74, 6) is 0.365. The predicted octanol–water partition coefficient (Wildman–Crippen LogP) is 3.52. The minimum absolute atomic E-state index is 0.168. The number of hydrogen-bond donors (Lipinski definition) is 0. The van der Waals surface area contributed by atoms with Gasteiger partial charge in [-0.1, -0.05) is 36.8 Å². The van der Waals surface area contributed by atoms with E-state index in [1.54, 1.807) is 0 Å². The predicted molar refractivity (Wildman–Crippen MR) is 59.3 cm³/mol. The van der Waals surface area contributed by atoms with Crippen molar-refractivity contribution in [1.29, 1.82) is 0 Å². The van der Waals surface area contributed by atoms with Crippen LogP contribution in [0.15, 0.2) is 0 Å². The second kappa shape index (κ2) is 3.61. The van der Waals surface area contributed by atoms with Gasteiger partial charge in [0.2, 0.25) is 5.28 Å². The number of thiazole rings is 1. The molecule has 6 heteroatoms. The third-order valence-electron chi connectivity index (χ3n) is 1.70. The van der Waals surface area contributed by atoms with Crippen LogP contribution in [0.1, 0.15) is 24.8 Å². The topological polar surface area (TPSA) is 38.7 Å². The Hall–Kier alpha value is -0.450. The van der Waals surface area contributed by atoms with Gasteiger partial charge in [-0.2, -0.15) is 0 Å². The lowest BCUT2D eigenvalue weighted by molar-refractivity contribution is 0.856. The highest BCUT2D eigenvalue weighted by Crippen LogP contribution is 2.29. The highest BCUT2D eigenvalue weighted by atomic mass is 35.5. The van der Waals surface area contributed by atoms with E-state index in [9.17, 15) is 0 Å². The molecule has 0 atom stereocenters. The van der Waals surface area contributed by atoms with E-state index in [2.05, 4.69) is 28.8 Å². The van der Waals surface area contributed by atoms with E-state index in [1.165, 1.54) is 11.3 Å². The Morgan fingerprint density at radius 1 is 1.14 bits per heavy atom. The lowest BCUT2D eigenvalue weighted by Crippen LogP contribution is -1.85. The molecule has 0 bridgehead atoms. The quantitative estimate of drug-likeness (QED) is 0.572. The molecular weight excluding hydrogens is 241 g/mol. The molecule has 0 aliphatic rings. The maximum atomic E-state index is 5.89. The maximum Gasteiger partial charge on any atom is 0.225 e. The molecule has 0 unspecified atom stereocenters. The van der Waals surface area contributed by atoms with E-state index >= 15 is 0 Å². The van der Waals surface area contributed by atoms with Crippen LogP contribution in [0.25, 0.3) is 10.3 Å². The minimum Gasteiger partial charge on any atom is -0.236 e. The molecule has 2 rings (SSSR count). The fraction of sp³-hybridized carbons (Fsp3) is 0.375. The van der Waals surface area contributed by atoms with Crippen molar-refractivity contribution < 1.29 is 0 Å². The highest BCUT2D eigenvalue weighted by Gasteiger charge is 2.12. The van der Waals surface area contributed by atoms with Gasteiger partial charge in [-0.25, -0.2) is 15.0 Å². The van der Waals surface area contributed by atoms with Crippen LogP contribution in [0, 0.1) is 0 Å². The van der Waals surface area contributed by atoms with Crippen LogP contribution in [-0.2, 0) is 0 Å². The van der Waals surface area contributed by atoms with Gasteiger partial charge in [0.05, 0.1) is 5.01 Å². The van der Waals surface area contributed by atoms with E-state index in [-0.39, 0.29) is 5.28 Å². The van der Waals surface area contributed by atoms with Crippen LogP contribution in [0.2, 0.25) is 10.4 Å². The van der Waals surface area contributed by atoms with Gasteiger partial charge in [-0.3, -0.25) is 0 Å². The van der Waals surface area contributed by atoms with Gasteiger partial charge < -0.3 is 0 Å². The summed E-state index contributed by atoms with van der Waals surface area (Å²) in [4.78, 5) is 13.0. The monoisotopic (exact) mass is 247 g/mol. The summed E-state index contributed by atoms with van der Waals surface area (Å²) in [6.45, 7) is 4.14. The lowest BCUT2D eigenvalue weighted by atomic mass is 10.2. The Morgan fingerprint density at radius 2 is 1.86 bits per heavy atom. The SMILES string of the molecule is CC(C)c1nc2c(Cl)nc(Cl)nc2s1. The van der Waals surface area contributed by atoms with E-state index < -0.39 is 0 Å². The van der Waals surface area contributed by atoms with Crippen molar-refractivity contribution in [1.82, 2.24) is 15.0 Å². The summed E-state index contributed by atoms with van der Waals surface area (Å²) < 4.78 is 0. The van der Waals surface area contributed by atoms with Crippen molar-refractivity contribution in [3.63, 3.8) is 0 Å². The van der Waals surface area contributed by atoms with Gasteiger partial charge in [-0.15, -0.1) is 0 Å². The first-order valence-corrected chi connectivity index (χ1v) is 5.64. The molecule has 0 aromatic carbocycles. The van der Waals surface area contributed by atoms with E-state index in [0.717, 1.165) is 9.84 Å². The summed E-state index contributed by atoms with van der Waals surface area (Å²) in [5.41, 5.74) is 0.643. The third kappa shape index (κ3) is 1.69. The molecule has 2 aromatic heterocycles. The molecule has 0 amide bonds. The van der Waals surface area contributed by atoms with Crippen molar-refractivity contribution in [2.24, 2.45) is 0 Å². The van der Waals surface area contributed by atoms with Crippen LogP contribution < -0.4 is 0 Å². The normalized spacial score (nSPS) is 11.5. The fourth-order valence-corrected chi connectivity index (χ4v) is 2.50. The Morgan fingerprint density at radius 3 is 2.50 bits per heavy atom. The van der Waals surface area contributed by atoms with Gasteiger partial charge in [0.25, 0.3) is 0 Å². The molecule has 0 saturated heterocycles. The van der Waals surface area contributed by atoms with Crippen LogP contribution >= 0.6 is 34.5 Å². The smallest absolute Gasteiger partial charge is 0.225 e. The number of fused-ring (bicyclic) bond motifs is 1. The molecule has 0 aliphatic carbocycles. The van der Waals surface area contributed by atoms with Gasteiger partial charge in [0.1, 0.15) is 10.3 Å². The van der Waals surface area contributed by atoms with Crippen LogP contribution in [-0.4, -0.2) is 15.0 Å². The molecule has 0 N–H and O–H groups in total. The molecule has 0 radical (unpaired) electrons. The zero-order valence-corrected chi connectivity index (χ0v) is 9.91. The number of aromatic nitrogens is 3. The van der Waals surface area contributed by atoms with Gasteiger partial charge >= 0.3 is 0 Å². The maximum absolute atomic E-state index is 5.89. The van der Waals surface area contributed by atoms with Crippen LogP contribution in [0.4, 0.5) is 0 Å². The first-order valence-electron chi connectivity index (χ1n) is 4.07. The molecule has 2 aromatic rings. The Bertz CT molecular complexity index is 481. The number of halogens is 2. The number of hydrogen-bond acceptors (Lipinski definition) is 4. The van der Waals surface area contributed by atoms with Crippen molar-refractivity contribution in [2.75, 3.05) is 0 Å². The van der Waals surface area contributed by atoms with Crippen molar-refractivity contribution in [2.45, 2.75) is 19.8 Å². The lowest BCUT2D eigenvalue weighted by Gasteiger charge is -1.94. The van der Waals surface area contributed by atoms with Gasteiger partial charge in [-0.05, 0) is 11.6 Å². The Labute approximate surface area is 95.1 Å². The zero-order valence-electron chi connectivity index (χ0n) is 7.58. The first-order chi connectivity index (χ1) is 6.58. The molecule has 3 nitrogen and oxygen atoms in total. The highest BCUT2D eigenvalue weighted by molar-refractivity contribution is 7.18. The third-order valence-corrected chi connectivity index (χ3v) is 3.38. The molecule has 0 fully saturated rings. The minimum atomic E-state index is 0.168. The van der Waals surface area contributed by atoms with E-state index in [1.807, 2.05) is 0 Å². The van der Waals surface area contributed by atoms with Gasteiger partial charge in [0.15, 0.2) is 5.15 Å². The van der Waals surface area contributed by atoms with Gasteiger partial charge in [0, 0.05) is 5.92 Å². The summed E-state index contributed by atoms with van der Waals surface area (Å²) in [7, 11) is 0. The van der Waals surface area contributed by atoms with Crippen molar-refractivity contribution in [3.8, 4) is 0 Å².